The second kappa shape index (κ2) is 7.01. The number of hydrogen-bond acceptors (Lipinski definition) is 3. The van der Waals surface area contributed by atoms with Crippen molar-refractivity contribution in [2.75, 3.05) is 13.1 Å². The normalized spacial score (nSPS) is 10.9. The van der Waals surface area contributed by atoms with Crippen molar-refractivity contribution in [2.45, 2.75) is 19.9 Å². The minimum atomic E-state index is -0.452. The van der Waals surface area contributed by atoms with E-state index in [2.05, 4.69) is 4.90 Å². The molecule has 0 saturated heterocycles. The Hall–Kier alpha value is -1.94. The van der Waals surface area contributed by atoms with Crippen LogP contribution in [0.1, 0.15) is 29.5 Å². The molecule has 106 valence electrons. The number of furan rings is 1. The number of nitrogens with zero attached hydrogens (tertiary/aromatic N) is 1. The summed E-state index contributed by atoms with van der Waals surface area (Å²) in [6.07, 6.45) is 1.93. The topological polar surface area (TPSA) is 33.5 Å². The van der Waals surface area contributed by atoms with Gasteiger partial charge in [-0.25, -0.2) is 4.39 Å². The zero-order valence-electron chi connectivity index (χ0n) is 11.5. The molecule has 2 rings (SSSR count). The van der Waals surface area contributed by atoms with Crippen LogP contribution in [0.4, 0.5) is 4.39 Å². The summed E-state index contributed by atoms with van der Waals surface area (Å²) in [4.78, 5) is 14.1. The van der Waals surface area contributed by atoms with Crippen molar-refractivity contribution in [1.29, 1.82) is 0 Å². The van der Waals surface area contributed by atoms with Crippen LogP contribution in [0.3, 0.4) is 0 Å². The van der Waals surface area contributed by atoms with E-state index in [9.17, 15) is 9.18 Å². The second-order valence-electron chi connectivity index (χ2n) is 4.60. The molecule has 20 heavy (non-hydrogen) atoms. The van der Waals surface area contributed by atoms with Crippen LogP contribution in [-0.4, -0.2) is 23.8 Å². The molecular formula is C16H18FNO2. The average Bonchev–Trinajstić information content (AvgIpc) is 2.96. The molecule has 0 aliphatic carbocycles. The van der Waals surface area contributed by atoms with Crippen LogP contribution in [-0.2, 0) is 6.54 Å². The highest BCUT2D eigenvalue weighted by molar-refractivity contribution is 5.96. The van der Waals surface area contributed by atoms with Gasteiger partial charge >= 0.3 is 0 Å². The molecule has 0 unspecified atom stereocenters. The van der Waals surface area contributed by atoms with E-state index in [-0.39, 0.29) is 11.3 Å². The standard InChI is InChI=1S/C16H18FNO2/c1-2-18(12-13-6-5-11-20-13)10-9-16(19)14-7-3-4-8-15(14)17/h3-8,11H,2,9-10,12H2,1H3. The fourth-order valence-corrected chi connectivity index (χ4v) is 2.05. The molecule has 0 spiro atoms. The molecule has 2 aromatic rings. The van der Waals surface area contributed by atoms with Crippen molar-refractivity contribution in [3.63, 3.8) is 0 Å². The Balaban J connectivity index is 1.90. The maximum Gasteiger partial charge on any atom is 0.167 e. The maximum atomic E-state index is 13.5. The van der Waals surface area contributed by atoms with Gasteiger partial charge in [-0.05, 0) is 30.8 Å². The van der Waals surface area contributed by atoms with Crippen molar-refractivity contribution in [3.8, 4) is 0 Å². The van der Waals surface area contributed by atoms with E-state index in [1.165, 1.54) is 12.1 Å². The van der Waals surface area contributed by atoms with E-state index in [4.69, 9.17) is 4.42 Å². The summed E-state index contributed by atoms with van der Waals surface area (Å²) in [6.45, 7) is 4.08. The fraction of sp³-hybridized carbons (Fsp3) is 0.312. The van der Waals surface area contributed by atoms with Gasteiger partial charge in [0.2, 0.25) is 0 Å². The minimum Gasteiger partial charge on any atom is -0.468 e. The first-order valence-corrected chi connectivity index (χ1v) is 6.73. The summed E-state index contributed by atoms with van der Waals surface area (Å²) in [7, 11) is 0. The molecule has 0 atom stereocenters. The van der Waals surface area contributed by atoms with Crippen LogP contribution >= 0.6 is 0 Å². The predicted molar refractivity (Wildman–Crippen MR) is 75.0 cm³/mol. The second-order valence-corrected chi connectivity index (χ2v) is 4.60. The number of Topliss-reactive ketones (excluding diaryl/α,β-unsaturated/α-hetero) is 1. The summed E-state index contributed by atoms with van der Waals surface area (Å²) >= 11 is 0. The van der Waals surface area contributed by atoms with Gasteiger partial charge in [0.15, 0.2) is 5.78 Å². The largest absolute Gasteiger partial charge is 0.468 e. The van der Waals surface area contributed by atoms with Crippen LogP contribution in [0, 0.1) is 5.82 Å². The van der Waals surface area contributed by atoms with E-state index in [0.29, 0.717) is 19.5 Å². The third kappa shape index (κ3) is 3.78. The van der Waals surface area contributed by atoms with E-state index in [1.54, 1.807) is 18.4 Å². The highest BCUT2D eigenvalue weighted by Crippen LogP contribution is 2.11. The van der Waals surface area contributed by atoms with Gasteiger partial charge in [0, 0.05) is 13.0 Å². The van der Waals surface area contributed by atoms with Gasteiger partial charge in [0.05, 0.1) is 18.4 Å². The quantitative estimate of drug-likeness (QED) is 0.725. The maximum absolute atomic E-state index is 13.5. The molecule has 0 aliphatic heterocycles. The SMILES string of the molecule is CCN(CCC(=O)c1ccccc1F)Cc1ccco1. The number of carbonyl (C=O) groups is 1. The monoisotopic (exact) mass is 275 g/mol. The molecule has 0 saturated carbocycles. The van der Waals surface area contributed by atoms with E-state index in [1.807, 2.05) is 19.1 Å². The van der Waals surface area contributed by atoms with Gasteiger partial charge < -0.3 is 4.42 Å². The first kappa shape index (κ1) is 14.5. The zero-order valence-corrected chi connectivity index (χ0v) is 11.5. The van der Waals surface area contributed by atoms with Crippen LogP contribution < -0.4 is 0 Å². The summed E-state index contributed by atoms with van der Waals surface area (Å²) in [6, 6.07) is 9.85. The number of halogens is 1. The first-order chi connectivity index (χ1) is 9.70. The third-order valence-corrected chi connectivity index (χ3v) is 3.24. The van der Waals surface area contributed by atoms with Gasteiger partial charge in [-0.2, -0.15) is 0 Å². The Bertz CT molecular complexity index is 551. The number of carbonyl (C=O) groups excluding carboxylic acids is 1. The lowest BCUT2D eigenvalue weighted by molar-refractivity contribution is 0.0957. The summed E-state index contributed by atoms with van der Waals surface area (Å²) in [5, 5.41) is 0. The van der Waals surface area contributed by atoms with Gasteiger partial charge in [-0.1, -0.05) is 19.1 Å². The van der Waals surface area contributed by atoms with Crippen LogP contribution in [0.2, 0.25) is 0 Å². The Kier molecular flexibility index (Phi) is 5.07. The van der Waals surface area contributed by atoms with Crippen LogP contribution in [0.15, 0.2) is 47.1 Å². The summed E-state index contributed by atoms with van der Waals surface area (Å²) in [5.74, 6) is 0.248. The molecule has 0 amide bonds. The van der Waals surface area contributed by atoms with Crippen LogP contribution in [0.5, 0.6) is 0 Å². The van der Waals surface area contributed by atoms with Crippen LogP contribution in [0.25, 0.3) is 0 Å². The van der Waals surface area contributed by atoms with Crippen molar-refractivity contribution in [1.82, 2.24) is 4.90 Å². The molecule has 1 aromatic carbocycles. The number of benzene rings is 1. The first-order valence-electron chi connectivity index (χ1n) is 6.73. The molecule has 0 N–H and O–H groups in total. The highest BCUT2D eigenvalue weighted by Gasteiger charge is 2.13. The minimum absolute atomic E-state index is 0.166. The number of rotatable bonds is 7. The Morgan fingerprint density at radius 2 is 2.05 bits per heavy atom. The Morgan fingerprint density at radius 1 is 1.25 bits per heavy atom. The molecular weight excluding hydrogens is 257 g/mol. The van der Waals surface area contributed by atoms with Crippen molar-refractivity contribution >= 4 is 5.78 Å². The highest BCUT2D eigenvalue weighted by atomic mass is 19.1. The van der Waals surface area contributed by atoms with E-state index >= 15 is 0 Å². The van der Waals surface area contributed by atoms with E-state index < -0.39 is 5.82 Å². The molecule has 0 radical (unpaired) electrons. The smallest absolute Gasteiger partial charge is 0.167 e. The molecule has 0 fully saturated rings. The lowest BCUT2D eigenvalue weighted by atomic mass is 10.1. The fourth-order valence-electron chi connectivity index (χ4n) is 2.05. The summed E-state index contributed by atoms with van der Waals surface area (Å²) in [5.41, 5.74) is 0.168. The Morgan fingerprint density at radius 3 is 2.70 bits per heavy atom. The van der Waals surface area contributed by atoms with Gasteiger partial charge in [0.25, 0.3) is 0 Å². The summed E-state index contributed by atoms with van der Waals surface area (Å²) < 4.78 is 18.8. The zero-order chi connectivity index (χ0) is 14.4. The van der Waals surface area contributed by atoms with E-state index in [0.717, 1.165) is 12.3 Å². The number of hydrogen-bond donors (Lipinski definition) is 0. The molecule has 4 heteroatoms. The Labute approximate surface area is 118 Å². The van der Waals surface area contributed by atoms with Crippen molar-refractivity contribution < 1.29 is 13.6 Å². The van der Waals surface area contributed by atoms with Crippen molar-refractivity contribution in [3.05, 3.63) is 59.8 Å². The molecule has 3 nitrogen and oxygen atoms in total. The average molecular weight is 275 g/mol. The van der Waals surface area contributed by atoms with Crippen molar-refractivity contribution in [2.24, 2.45) is 0 Å². The molecule has 1 heterocycles. The lowest BCUT2D eigenvalue weighted by Gasteiger charge is -2.18. The third-order valence-electron chi connectivity index (χ3n) is 3.24. The number of ketones is 1. The lowest BCUT2D eigenvalue weighted by Crippen LogP contribution is -2.25. The predicted octanol–water partition coefficient (Wildman–Crippen LogP) is 3.51. The van der Waals surface area contributed by atoms with Gasteiger partial charge in [-0.15, -0.1) is 0 Å². The molecule has 1 aromatic heterocycles. The van der Waals surface area contributed by atoms with Gasteiger partial charge in [0.1, 0.15) is 11.6 Å². The molecule has 0 aliphatic rings. The van der Waals surface area contributed by atoms with Gasteiger partial charge in [-0.3, -0.25) is 9.69 Å². The molecule has 0 bridgehead atoms.